The van der Waals surface area contributed by atoms with Crippen molar-refractivity contribution in [2.24, 2.45) is 17.3 Å². The quantitative estimate of drug-likeness (QED) is 0.428. The fraction of sp³-hybridized carbons (Fsp3) is 0.484. The second-order valence-corrected chi connectivity index (χ2v) is 11.7. The van der Waals surface area contributed by atoms with E-state index in [1.165, 1.54) is 22.1 Å². The lowest BCUT2D eigenvalue weighted by atomic mass is 9.56. The van der Waals surface area contributed by atoms with Gasteiger partial charge in [0.15, 0.2) is 0 Å². The molecule has 6 rings (SSSR count). The van der Waals surface area contributed by atoms with Crippen LogP contribution in [-0.2, 0) is 6.54 Å². The summed E-state index contributed by atoms with van der Waals surface area (Å²) in [5, 5.41) is 17.0. The monoisotopic (exact) mass is 511 g/mol. The number of piperidine rings is 1. The number of likely N-dealkylation sites (tertiary alicyclic amines) is 1. The highest BCUT2D eigenvalue weighted by atomic mass is 16.5. The predicted molar refractivity (Wildman–Crippen MR) is 148 cm³/mol. The molecule has 2 aliphatic heterocycles. The van der Waals surface area contributed by atoms with E-state index in [-0.39, 0.29) is 23.3 Å². The summed E-state index contributed by atoms with van der Waals surface area (Å²) in [4.78, 5) is 18.7. The number of hydrogen-bond donors (Lipinski definition) is 3. The van der Waals surface area contributed by atoms with Crippen molar-refractivity contribution < 1.29 is 9.53 Å². The molecule has 7 heteroatoms. The minimum absolute atomic E-state index is 0.00415. The molecule has 38 heavy (non-hydrogen) atoms. The molecule has 2 saturated heterocycles. The van der Waals surface area contributed by atoms with Crippen LogP contribution in [0.4, 0.5) is 0 Å². The first kappa shape index (κ1) is 25.0. The summed E-state index contributed by atoms with van der Waals surface area (Å²) in [5.41, 5.74) is 5.74. The molecule has 1 spiro atoms. The molecule has 1 aliphatic carbocycles. The molecule has 1 aromatic heterocycles. The molecule has 3 N–H and O–H groups in total. The number of nitrogens with one attached hydrogen (secondary N) is 3. The number of carbonyl (C=O) groups excluding carboxylic acids is 1. The fourth-order valence-corrected chi connectivity index (χ4v) is 6.82. The SMILES string of the molecule is COc1cc(C)c2[nH]ccc2c1CN1CCC2(CC(C#N)C2)CC1c1ccc(C(=O)NCC2CNC2)cc1. The highest BCUT2D eigenvalue weighted by molar-refractivity contribution is 5.94. The molecule has 3 fully saturated rings. The number of fused-ring (bicyclic) bond motifs is 1. The second kappa shape index (κ2) is 10.1. The van der Waals surface area contributed by atoms with E-state index in [1.54, 1.807) is 7.11 Å². The molecule has 1 saturated carbocycles. The van der Waals surface area contributed by atoms with Gasteiger partial charge in [-0.2, -0.15) is 5.26 Å². The van der Waals surface area contributed by atoms with Crippen LogP contribution in [-0.4, -0.2) is 49.1 Å². The Morgan fingerprint density at radius 2 is 2.00 bits per heavy atom. The number of aromatic amines is 1. The van der Waals surface area contributed by atoms with Crippen LogP contribution in [0.1, 0.15) is 58.8 Å². The minimum atomic E-state index is -0.00415. The highest BCUT2D eigenvalue weighted by Crippen LogP contribution is 2.56. The third-order valence-electron chi connectivity index (χ3n) is 9.21. The zero-order chi connectivity index (χ0) is 26.3. The first-order valence-corrected chi connectivity index (χ1v) is 13.8. The van der Waals surface area contributed by atoms with Crippen molar-refractivity contribution in [1.29, 1.82) is 5.26 Å². The summed E-state index contributed by atoms with van der Waals surface area (Å²) in [5.74, 6) is 1.65. The molecule has 0 radical (unpaired) electrons. The van der Waals surface area contributed by atoms with Gasteiger partial charge in [0.1, 0.15) is 5.75 Å². The van der Waals surface area contributed by atoms with Crippen molar-refractivity contribution in [3.8, 4) is 11.8 Å². The maximum absolute atomic E-state index is 12.7. The van der Waals surface area contributed by atoms with E-state index in [1.807, 2.05) is 18.3 Å². The van der Waals surface area contributed by atoms with Crippen LogP contribution in [0.5, 0.6) is 5.75 Å². The molecule has 2 aromatic carbocycles. The molecule has 1 unspecified atom stereocenters. The topological polar surface area (TPSA) is 93.2 Å². The Hall–Kier alpha value is -3.34. The zero-order valence-corrected chi connectivity index (χ0v) is 22.3. The van der Waals surface area contributed by atoms with Gasteiger partial charge in [-0.25, -0.2) is 0 Å². The molecule has 0 bridgehead atoms. The molecule has 1 atom stereocenters. The number of amides is 1. The van der Waals surface area contributed by atoms with Crippen LogP contribution >= 0.6 is 0 Å². The van der Waals surface area contributed by atoms with Gasteiger partial charge in [0.05, 0.1) is 13.2 Å². The van der Waals surface area contributed by atoms with Gasteiger partial charge in [0.25, 0.3) is 5.91 Å². The summed E-state index contributed by atoms with van der Waals surface area (Å²) in [6.07, 6.45) is 6.16. The van der Waals surface area contributed by atoms with E-state index in [0.717, 1.165) is 69.7 Å². The van der Waals surface area contributed by atoms with E-state index >= 15 is 0 Å². The van der Waals surface area contributed by atoms with Crippen LogP contribution in [0.15, 0.2) is 42.6 Å². The van der Waals surface area contributed by atoms with Crippen molar-refractivity contribution in [2.45, 2.75) is 45.2 Å². The third-order valence-corrected chi connectivity index (χ3v) is 9.21. The maximum atomic E-state index is 12.7. The Kier molecular flexibility index (Phi) is 6.63. The summed E-state index contributed by atoms with van der Waals surface area (Å²) < 4.78 is 5.86. The number of rotatable bonds is 7. The molecule has 3 aliphatic rings. The number of nitriles is 1. The van der Waals surface area contributed by atoms with E-state index in [4.69, 9.17) is 4.74 Å². The van der Waals surface area contributed by atoms with Crippen LogP contribution in [0.25, 0.3) is 10.9 Å². The highest BCUT2D eigenvalue weighted by Gasteiger charge is 2.49. The lowest BCUT2D eigenvalue weighted by molar-refractivity contribution is -0.0298. The molecule has 198 valence electrons. The van der Waals surface area contributed by atoms with Gasteiger partial charge in [-0.1, -0.05) is 12.1 Å². The molecule has 3 heterocycles. The number of methoxy groups -OCH3 is 1. The Labute approximate surface area is 224 Å². The van der Waals surface area contributed by atoms with Gasteiger partial charge in [-0.3, -0.25) is 9.69 Å². The lowest BCUT2D eigenvalue weighted by Crippen LogP contribution is -2.48. The number of hydrogen-bond acceptors (Lipinski definition) is 5. The number of benzene rings is 2. The van der Waals surface area contributed by atoms with Crippen LogP contribution < -0.4 is 15.4 Å². The van der Waals surface area contributed by atoms with Crippen LogP contribution in [0, 0.1) is 35.5 Å². The summed E-state index contributed by atoms with van der Waals surface area (Å²) in [6.45, 7) is 6.55. The normalized spacial score (nSPS) is 25.5. The summed E-state index contributed by atoms with van der Waals surface area (Å²) in [6, 6.07) is 15.2. The van der Waals surface area contributed by atoms with E-state index < -0.39 is 0 Å². The molecule has 3 aromatic rings. The number of ether oxygens (including phenoxy) is 1. The average molecular weight is 512 g/mol. The Morgan fingerprint density at radius 1 is 1.21 bits per heavy atom. The number of aromatic nitrogens is 1. The van der Waals surface area contributed by atoms with Crippen molar-refractivity contribution in [2.75, 3.05) is 33.3 Å². The van der Waals surface area contributed by atoms with E-state index in [9.17, 15) is 10.1 Å². The number of carbonyl (C=O) groups is 1. The summed E-state index contributed by atoms with van der Waals surface area (Å²) in [7, 11) is 1.75. The molecule has 1 amide bonds. The third kappa shape index (κ3) is 4.57. The van der Waals surface area contributed by atoms with Crippen LogP contribution in [0.2, 0.25) is 0 Å². The van der Waals surface area contributed by atoms with E-state index in [0.29, 0.717) is 11.5 Å². The van der Waals surface area contributed by atoms with Crippen molar-refractivity contribution in [1.82, 2.24) is 20.5 Å². The van der Waals surface area contributed by atoms with Gasteiger partial charge >= 0.3 is 0 Å². The average Bonchev–Trinajstić information content (AvgIpc) is 3.39. The second-order valence-electron chi connectivity index (χ2n) is 11.7. The number of aryl methyl sites for hydroxylation is 1. The number of nitrogens with zero attached hydrogens (tertiary/aromatic N) is 2. The maximum Gasteiger partial charge on any atom is 0.251 e. The first-order valence-electron chi connectivity index (χ1n) is 13.8. The Bertz CT molecular complexity index is 1360. The van der Waals surface area contributed by atoms with Crippen molar-refractivity contribution in [3.05, 3.63) is 64.8 Å². The van der Waals surface area contributed by atoms with Crippen molar-refractivity contribution in [3.63, 3.8) is 0 Å². The van der Waals surface area contributed by atoms with Gasteiger partial charge in [0.2, 0.25) is 0 Å². The lowest BCUT2D eigenvalue weighted by Gasteiger charge is -2.53. The van der Waals surface area contributed by atoms with Gasteiger partial charge < -0.3 is 20.4 Å². The predicted octanol–water partition coefficient (Wildman–Crippen LogP) is 4.69. The molecule has 7 nitrogen and oxygen atoms in total. The molecular weight excluding hydrogens is 474 g/mol. The number of H-pyrrole nitrogens is 1. The van der Waals surface area contributed by atoms with Crippen LogP contribution in [0.3, 0.4) is 0 Å². The summed E-state index contributed by atoms with van der Waals surface area (Å²) >= 11 is 0. The fourth-order valence-electron chi connectivity index (χ4n) is 6.82. The van der Waals surface area contributed by atoms with Crippen molar-refractivity contribution >= 4 is 16.8 Å². The Morgan fingerprint density at radius 3 is 2.68 bits per heavy atom. The van der Waals surface area contributed by atoms with Gasteiger partial charge in [-0.15, -0.1) is 0 Å². The molecular formula is C31H37N5O2. The standard InChI is InChI=1S/C31H37N5O2/c1-20-11-28(38-2)26(25-7-9-34-29(20)25)19-36-10-8-31(12-21(13-31)15-32)14-27(36)23-3-5-24(6-4-23)30(37)35-18-22-16-33-17-22/h3-7,9,11,21-22,27,33-34H,8,10,12-14,16-19H2,1-2H3,(H,35,37). The Balaban J connectivity index is 1.26. The van der Waals surface area contributed by atoms with Gasteiger partial charge in [-0.05, 0) is 80.0 Å². The minimum Gasteiger partial charge on any atom is -0.496 e. The largest absolute Gasteiger partial charge is 0.496 e. The van der Waals surface area contributed by atoms with E-state index in [2.05, 4.69) is 57.8 Å². The smallest absolute Gasteiger partial charge is 0.251 e. The zero-order valence-electron chi connectivity index (χ0n) is 22.3. The van der Waals surface area contributed by atoms with Gasteiger partial charge in [0, 0.05) is 72.3 Å². The first-order chi connectivity index (χ1) is 18.5.